The maximum Gasteiger partial charge on any atom is 0.233 e. The minimum Gasteiger partial charge on any atom is -0.282 e. The van der Waals surface area contributed by atoms with E-state index >= 15 is 0 Å². The molecule has 1 aliphatic carbocycles. The van der Waals surface area contributed by atoms with Crippen molar-refractivity contribution < 1.29 is 9.59 Å². The number of fused-ring (bicyclic) bond motifs is 1. The van der Waals surface area contributed by atoms with Gasteiger partial charge in [-0.05, 0) is 25.2 Å². The van der Waals surface area contributed by atoms with E-state index in [0.717, 1.165) is 19.3 Å². The summed E-state index contributed by atoms with van der Waals surface area (Å²) in [6.45, 7) is 6.69. The number of rotatable bonds is 3. The van der Waals surface area contributed by atoms with Crippen LogP contribution in [0.5, 0.6) is 0 Å². The van der Waals surface area contributed by atoms with Gasteiger partial charge in [-0.15, -0.1) is 0 Å². The molecular formula is C13H21NO2. The zero-order valence-electron chi connectivity index (χ0n) is 10.4. The highest BCUT2D eigenvalue weighted by Gasteiger charge is 2.56. The Hall–Kier alpha value is -0.860. The van der Waals surface area contributed by atoms with Crippen LogP contribution in [0.1, 0.15) is 40.0 Å². The number of hydrogen-bond acceptors (Lipinski definition) is 2. The Morgan fingerprint density at radius 3 is 1.75 bits per heavy atom. The lowest BCUT2D eigenvalue weighted by Crippen LogP contribution is -2.33. The molecule has 1 heterocycles. The standard InChI is InChI=1S/C13H21NO2/c1-4-8-7-9(5-2)11-10(8)12(15)14(6-3)13(11)16/h8-11H,4-7H2,1-3H3. The van der Waals surface area contributed by atoms with Gasteiger partial charge in [0.2, 0.25) is 11.8 Å². The third-order valence-corrected chi connectivity index (χ3v) is 4.48. The van der Waals surface area contributed by atoms with Crippen molar-refractivity contribution in [2.45, 2.75) is 40.0 Å². The van der Waals surface area contributed by atoms with Gasteiger partial charge >= 0.3 is 0 Å². The number of carbonyl (C=O) groups excluding carboxylic acids is 2. The largest absolute Gasteiger partial charge is 0.282 e. The van der Waals surface area contributed by atoms with Crippen LogP contribution in [0.2, 0.25) is 0 Å². The smallest absolute Gasteiger partial charge is 0.233 e. The first-order chi connectivity index (χ1) is 7.65. The third kappa shape index (κ3) is 1.40. The Labute approximate surface area is 97.2 Å². The maximum absolute atomic E-state index is 12.2. The van der Waals surface area contributed by atoms with Crippen LogP contribution in [0, 0.1) is 23.7 Å². The SMILES string of the molecule is CCC1CC(CC)C2C(=O)N(CC)C(=O)C12. The molecule has 0 radical (unpaired) electrons. The second kappa shape index (κ2) is 4.19. The zero-order chi connectivity index (χ0) is 11.9. The quantitative estimate of drug-likeness (QED) is 0.687. The molecule has 2 rings (SSSR count). The second-order valence-corrected chi connectivity index (χ2v) is 5.04. The van der Waals surface area contributed by atoms with Crippen molar-refractivity contribution in [3.63, 3.8) is 0 Å². The molecule has 0 aromatic carbocycles. The fraction of sp³-hybridized carbons (Fsp3) is 0.846. The fourth-order valence-corrected chi connectivity index (χ4v) is 3.60. The van der Waals surface area contributed by atoms with Gasteiger partial charge in [-0.2, -0.15) is 0 Å². The van der Waals surface area contributed by atoms with Gasteiger partial charge in [0.05, 0.1) is 11.8 Å². The molecule has 3 nitrogen and oxygen atoms in total. The van der Waals surface area contributed by atoms with E-state index in [2.05, 4.69) is 13.8 Å². The summed E-state index contributed by atoms with van der Waals surface area (Å²) in [4.78, 5) is 25.8. The normalized spacial score (nSPS) is 38.3. The second-order valence-electron chi connectivity index (χ2n) is 5.04. The first kappa shape index (κ1) is 11.6. The monoisotopic (exact) mass is 223 g/mol. The molecule has 1 aliphatic heterocycles. The van der Waals surface area contributed by atoms with Gasteiger partial charge in [-0.25, -0.2) is 0 Å². The summed E-state index contributed by atoms with van der Waals surface area (Å²) < 4.78 is 0. The minimum absolute atomic E-state index is 0.00222. The number of imide groups is 1. The molecule has 4 unspecified atom stereocenters. The van der Waals surface area contributed by atoms with E-state index in [1.54, 1.807) is 0 Å². The molecule has 2 amide bonds. The van der Waals surface area contributed by atoms with E-state index in [4.69, 9.17) is 0 Å². The topological polar surface area (TPSA) is 37.4 Å². The molecule has 4 atom stereocenters. The summed E-state index contributed by atoms with van der Waals surface area (Å²) in [5, 5.41) is 0. The van der Waals surface area contributed by atoms with Gasteiger partial charge in [0.15, 0.2) is 0 Å². The number of hydrogen-bond donors (Lipinski definition) is 0. The van der Waals surface area contributed by atoms with Gasteiger partial charge in [-0.1, -0.05) is 26.7 Å². The Kier molecular flexibility index (Phi) is 3.04. The molecule has 2 fully saturated rings. The number of likely N-dealkylation sites (tertiary alicyclic amines) is 1. The molecule has 0 N–H and O–H groups in total. The highest BCUT2D eigenvalue weighted by Crippen LogP contribution is 2.49. The summed E-state index contributed by atoms with van der Waals surface area (Å²) >= 11 is 0. The van der Waals surface area contributed by atoms with Gasteiger partial charge in [0.1, 0.15) is 0 Å². The average Bonchev–Trinajstić information content (AvgIpc) is 2.77. The predicted octanol–water partition coefficient (Wildman–Crippen LogP) is 2.06. The van der Waals surface area contributed by atoms with E-state index in [-0.39, 0.29) is 23.7 Å². The van der Waals surface area contributed by atoms with Crippen molar-refractivity contribution in [2.24, 2.45) is 23.7 Å². The third-order valence-electron chi connectivity index (χ3n) is 4.48. The molecule has 0 aromatic heterocycles. The van der Waals surface area contributed by atoms with Crippen LogP contribution >= 0.6 is 0 Å². The molecule has 0 bridgehead atoms. The Morgan fingerprint density at radius 2 is 1.44 bits per heavy atom. The first-order valence-electron chi connectivity index (χ1n) is 6.50. The number of nitrogens with zero attached hydrogens (tertiary/aromatic N) is 1. The Balaban J connectivity index is 2.30. The van der Waals surface area contributed by atoms with Crippen molar-refractivity contribution in [3.8, 4) is 0 Å². The van der Waals surface area contributed by atoms with Crippen LogP contribution in [0.4, 0.5) is 0 Å². The number of carbonyl (C=O) groups is 2. The first-order valence-corrected chi connectivity index (χ1v) is 6.50. The lowest BCUT2D eigenvalue weighted by atomic mass is 9.88. The summed E-state index contributed by atoms with van der Waals surface area (Å²) in [6.07, 6.45) is 3.11. The van der Waals surface area contributed by atoms with Crippen LogP contribution in [-0.2, 0) is 9.59 Å². The highest BCUT2D eigenvalue weighted by molar-refractivity contribution is 6.05. The minimum atomic E-state index is 0.00222. The van der Waals surface area contributed by atoms with Gasteiger partial charge in [0, 0.05) is 6.54 Å². The predicted molar refractivity (Wildman–Crippen MR) is 61.6 cm³/mol. The molecule has 0 aromatic rings. The summed E-state index contributed by atoms with van der Waals surface area (Å²) in [7, 11) is 0. The molecule has 1 saturated carbocycles. The number of amides is 2. The van der Waals surface area contributed by atoms with Crippen LogP contribution in [0.25, 0.3) is 0 Å². The van der Waals surface area contributed by atoms with Crippen molar-refractivity contribution in [3.05, 3.63) is 0 Å². The van der Waals surface area contributed by atoms with Gasteiger partial charge < -0.3 is 0 Å². The summed E-state index contributed by atoms with van der Waals surface area (Å²) in [5.74, 6) is 1.07. The lowest BCUT2D eigenvalue weighted by Gasteiger charge is -2.18. The van der Waals surface area contributed by atoms with Gasteiger partial charge in [-0.3, -0.25) is 14.5 Å². The molecule has 2 aliphatic rings. The molecule has 90 valence electrons. The van der Waals surface area contributed by atoms with Crippen LogP contribution in [0.3, 0.4) is 0 Å². The lowest BCUT2D eigenvalue weighted by molar-refractivity contribution is -0.140. The zero-order valence-corrected chi connectivity index (χ0v) is 10.4. The van der Waals surface area contributed by atoms with Crippen molar-refractivity contribution in [2.75, 3.05) is 6.54 Å². The van der Waals surface area contributed by atoms with Crippen molar-refractivity contribution in [1.82, 2.24) is 4.90 Å². The highest BCUT2D eigenvalue weighted by atomic mass is 16.2. The molecule has 0 spiro atoms. The molecular weight excluding hydrogens is 202 g/mol. The van der Waals surface area contributed by atoms with E-state index < -0.39 is 0 Å². The fourth-order valence-electron chi connectivity index (χ4n) is 3.60. The van der Waals surface area contributed by atoms with E-state index in [1.165, 1.54) is 4.90 Å². The van der Waals surface area contributed by atoms with Crippen molar-refractivity contribution >= 4 is 11.8 Å². The molecule has 16 heavy (non-hydrogen) atoms. The van der Waals surface area contributed by atoms with Crippen LogP contribution in [0.15, 0.2) is 0 Å². The van der Waals surface area contributed by atoms with Crippen molar-refractivity contribution in [1.29, 1.82) is 0 Å². The van der Waals surface area contributed by atoms with E-state index in [0.29, 0.717) is 18.4 Å². The van der Waals surface area contributed by atoms with Crippen LogP contribution < -0.4 is 0 Å². The summed E-state index contributed by atoms with van der Waals surface area (Å²) in [6, 6.07) is 0. The van der Waals surface area contributed by atoms with Gasteiger partial charge in [0.25, 0.3) is 0 Å². The Bertz CT molecular complexity index is 285. The molecule has 1 saturated heterocycles. The van der Waals surface area contributed by atoms with E-state index in [9.17, 15) is 9.59 Å². The summed E-state index contributed by atoms with van der Waals surface area (Å²) in [5.41, 5.74) is 0. The average molecular weight is 223 g/mol. The molecule has 3 heteroatoms. The maximum atomic E-state index is 12.2. The van der Waals surface area contributed by atoms with E-state index in [1.807, 2.05) is 6.92 Å². The van der Waals surface area contributed by atoms with Crippen LogP contribution in [-0.4, -0.2) is 23.3 Å². The Morgan fingerprint density at radius 1 is 1.00 bits per heavy atom.